The standard InChI is InChI=1S/C24H23ClN4O3/c1-32-11-3-5-17-12-20(22(25)15-28-17)23(30)29(18-6-7-18)24(31)21-14-27-10-8-19(21)16-4-2-9-26-13-16/h2,4,8-10,12-15,18H,3,5-7,11H2,1H3. The van der Waals surface area contributed by atoms with Crippen LogP contribution in [0.1, 0.15) is 45.7 Å². The zero-order valence-electron chi connectivity index (χ0n) is 17.7. The highest BCUT2D eigenvalue weighted by Gasteiger charge is 2.39. The van der Waals surface area contributed by atoms with Crippen LogP contribution in [0.4, 0.5) is 0 Å². The number of carbonyl (C=O) groups excluding carboxylic acids is 2. The molecular weight excluding hydrogens is 428 g/mol. The summed E-state index contributed by atoms with van der Waals surface area (Å²) in [7, 11) is 1.64. The average molecular weight is 451 g/mol. The molecule has 0 radical (unpaired) electrons. The first-order chi connectivity index (χ1) is 15.6. The van der Waals surface area contributed by atoms with Gasteiger partial charge in [-0.3, -0.25) is 29.4 Å². The maximum atomic E-state index is 13.6. The fraction of sp³-hybridized carbons (Fsp3) is 0.292. The minimum Gasteiger partial charge on any atom is -0.385 e. The van der Waals surface area contributed by atoms with Crippen LogP contribution in [0.25, 0.3) is 11.1 Å². The minimum absolute atomic E-state index is 0.155. The number of pyridine rings is 3. The zero-order valence-corrected chi connectivity index (χ0v) is 18.5. The minimum atomic E-state index is -0.418. The Bertz CT molecular complexity index is 1120. The lowest BCUT2D eigenvalue weighted by molar-refractivity contribution is 0.0604. The van der Waals surface area contributed by atoms with Gasteiger partial charge in [0, 0.05) is 62.0 Å². The maximum absolute atomic E-state index is 13.6. The predicted octanol–water partition coefficient (Wildman–Crippen LogP) is 4.22. The molecule has 8 heteroatoms. The van der Waals surface area contributed by atoms with Gasteiger partial charge in [-0.15, -0.1) is 0 Å². The summed E-state index contributed by atoms with van der Waals surface area (Å²) in [6, 6.07) is 6.95. The van der Waals surface area contributed by atoms with Gasteiger partial charge < -0.3 is 4.74 Å². The third kappa shape index (κ3) is 4.84. The van der Waals surface area contributed by atoms with Crippen molar-refractivity contribution in [3.05, 3.63) is 77.1 Å². The van der Waals surface area contributed by atoms with Crippen molar-refractivity contribution < 1.29 is 14.3 Å². The highest BCUT2D eigenvalue weighted by molar-refractivity contribution is 6.34. The Kier molecular flexibility index (Phi) is 6.87. The molecule has 3 aromatic rings. The molecule has 1 aliphatic rings. The van der Waals surface area contributed by atoms with Crippen molar-refractivity contribution in [3.8, 4) is 11.1 Å². The Hall–Kier alpha value is -3.16. The molecule has 1 aliphatic carbocycles. The number of nitrogens with zero attached hydrogens (tertiary/aromatic N) is 4. The number of halogens is 1. The molecule has 1 fully saturated rings. The van der Waals surface area contributed by atoms with Crippen molar-refractivity contribution >= 4 is 23.4 Å². The van der Waals surface area contributed by atoms with E-state index in [-0.39, 0.29) is 16.6 Å². The van der Waals surface area contributed by atoms with Crippen LogP contribution in [-0.2, 0) is 11.2 Å². The molecule has 0 aromatic carbocycles. The molecule has 164 valence electrons. The van der Waals surface area contributed by atoms with Crippen LogP contribution in [-0.4, -0.2) is 51.4 Å². The fourth-order valence-corrected chi connectivity index (χ4v) is 3.72. The summed E-state index contributed by atoms with van der Waals surface area (Å²) in [5, 5.41) is 0.225. The number of rotatable bonds is 8. The molecule has 0 unspecified atom stereocenters. The molecule has 4 rings (SSSR count). The van der Waals surface area contributed by atoms with Gasteiger partial charge in [-0.1, -0.05) is 17.7 Å². The predicted molar refractivity (Wildman–Crippen MR) is 120 cm³/mol. The van der Waals surface area contributed by atoms with E-state index >= 15 is 0 Å². The summed E-state index contributed by atoms with van der Waals surface area (Å²) < 4.78 is 5.09. The molecule has 0 spiro atoms. The van der Waals surface area contributed by atoms with Crippen molar-refractivity contribution in [3.63, 3.8) is 0 Å². The van der Waals surface area contributed by atoms with E-state index in [0.29, 0.717) is 24.2 Å². The first-order valence-electron chi connectivity index (χ1n) is 10.5. The normalized spacial score (nSPS) is 13.1. The first kappa shape index (κ1) is 22.0. The maximum Gasteiger partial charge on any atom is 0.263 e. The van der Waals surface area contributed by atoms with Crippen molar-refractivity contribution in [2.45, 2.75) is 31.7 Å². The second kappa shape index (κ2) is 9.97. The van der Waals surface area contributed by atoms with E-state index < -0.39 is 11.8 Å². The molecule has 32 heavy (non-hydrogen) atoms. The summed E-state index contributed by atoms with van der Waals surface area (Å²) in [6.07, 6.45) is 10.9. The molecule has 1 saturated carbocycles. The smallest absolute Gasteiger partial charge is 0.263 e. The average Bonchev–Trinajstić information content (AvgIpc) is 3.66. The zero-order chi connectivity index (χ0) is 22.5. The van der Waals surface area contributed by atoms with Crippen LogP contribution in [0.15, 0.2) is 55.2 Å². The monoisotopic (exact) mass is 450 g/mol. The van der Waals surface area contributed by atoms with Crippen LogP contribution in [0.2, 0.25) is 5.02 Å². The lowest BCUT2D eigenvalue weighted by Gasteiger charge is -2.22. The van der Waals surface area contributed by atoms with Gasteiger partial charge in [0.25, 0.3) is 11.8 Å². The van der Waals surface area contributed by atoms with Crippen molar-refractivity contribution in [2.24, 2.45) is 0 Å². The number of aryl methyl sites for hydroxylation is 1. The second-order valence-corrected chi connectivity index (χ2v) is 8.03. The van der Waals surface area contributed by atoms with Crippen molar-refractivity contribution in [1.29, 1.82) is 0 Å². The van der Waals surface area contributed by atoms with E-state index in [0.717, 1.165) is 30.5 Å². The highest BCUT2D eigenvalue weighted by Crippen LogP contribution is 2.33. The lowest BCUT2D eigenvalue weighted by Crippen LogP contribution is -2.39. The van der Waals surface area contributed by atoms with Gasteiger partial charge in [-0.05, 0) is 49.4 Å². The number of methoxy groups -OCH3 is 1. The van der Waals surface area contributed by atoms with E-state index in [9.17, 15) is 9.59 Å². The first-order valence-corrected chi connectivity index (χ1v) is 10.8. The molecule has 2 amide bonds. The van der Waals surface area contributed by atoms with Gasteiger partial charge in [0.2, 0.25) is 0 Å². The van der Waals surface area contributed by atoms with Gasteiger partial charge in [-0.2, -0.15) is 0 Å². The van der Waals surface area contributed by atoms with Gasteiger partial charge in [0.1, 0.15) is 0 Å². The number of hydrogen-bond donors (Lipinski definition) is 0. The molecule has 0 saturated heterocycles. The summed E-state index contributed by atoms with van der Waals surface area (Å²) >= 11 is 6.33. The van der Waals surface area contributed by atoms with Crippen LogP contribution in [0.5, 0.6) is 0 Å². The third-order valence-corrected chi connectivity index (χ3v) is 5.60. The number of carbonyl (C=O) groups is 2. The molecule has 0 atom stereocenters. The fourth-order valence-electron chi connectivity index (χ4n) is 3.54. The number of amides is 2. The van der Waals surface area contributed by atoms with Gasteiger partial charge in [0.05, 0.1) is 16.1 Å². The van der Waals surface area contributed by atoms with Crippen molar-refractivity contribution in [2.75, 3.05) is 13.7 Å². The summed E-state index contributed by atoms with van der Waals surface area (Å²) in [5.41, 5.74) is 2.82. The van der Waals surface area contributed by atoms with Gasteiger partial charge >= 0.3 is 0 Å². The highest BCUT2D eigenvalue weighted by atomic mass is 35.5. The summed E-state index contributed by atoms with van der Waals surface area (Å²) in [5.74, 6) is -0.808. The molecular formula is C24H23ClN4O3. The van der Waals surface area contributed by atoms with Crippen LogP contribution < -0.4 is 0 Å². The molecule has 3 aromatic heterocycles. The lowest BCUT2D eigenvalue weighted by atomic mass is 10.0. The summed E-state index contributed by atoms with van der Waals surface area (Å²) in [6.45, 7) is 0.596. The van der Waals surface area contributed by atoms with E-state index in [1.807, 2.05) is 6.07 Å². The quantitative estimate of drug-likeness (QED) is 0.377. The van der Waals surface area contributed by atoms with Crippen LogP contribution in [0.3, 0.4) is 0 Å². The van der Waals surface area contributed by atoms with E-state index in [2.05, 4.69) is 15.0 Å². The molecule has 3 heterocycles. The largest absolute Gasteiger partial charge is 0.385 e. The Balaban J connectivity index is 1.67. The molecule has 7 nitrogen and oxygen atoms in total. The topological polar surface area (TPSA) is 85.3 Å². The Morgan fingerprint density at radius 1 is 1.09 bits per heavy atom. The molecule has 0 aliphatic heterocycles. The SMILES string of the molecule is COCCCc1cc(C(=O)N(C(=O)c2cnccc2-c2cccnc2)C2CC2)c(Cl)cn1. The van der Waals surface area contributed by atoms with E-state index in [1.165, 1.54) is 17.3 Å². The second-order valence-electron chi connectivity index (χ2n) is 7.63. The van der Waals surface area contributed by atoms with Crippen LogP contribution >= 0.6 is 11.6 Å². The van der Waals surface area contributed by atoms with Crippen molar-refractivity contribution in [1.82, 2.24) is 19.9 Å². The third-order valence-electron chi connectivity index (χ3n) is 5.30. The number of aromatic nitrogens is 3. The Labute approximate surface area is 191 Å². The Morgan fingerprint density at radius 3 is 2.59 bits per heavy atom. The van der Waals surface area contributed by atoms with E-state index in [1.54, 1.807) is 43.9 Å². The number of hydrogen-bond acceptors (Lipinski definition) is 6. The Morgan fingerprint density at radius 2 is 1.88 bits per heavy atom. The van der Waals surface area contributed by atoms with E-state index in [4.69, 9.17) is 16.3 Å². The van der Waals surface area contributed by atoms with Gasteiger partial charge in [0.15, 0.2) is 0 Å². The summed E-state index contributed by atoms with van der Waals surface area (Å²) in [4.78, 5) is 41.0. The van der Waals surface area contributed by atoms with Crippen LogP contribution in [0, 0.1) is 0 Å². The van der Waals surface area contributed by atoms with Gasteiger partial charge in [-0.25, -0.2) is 0 Å². The number of imide groups is 1. The number of ether oxygens (including phenoxy) is 1. The molecule has 0 bridgehead atoms. The molecule has 0 N–H and O–H groups in total.